The highest BCUT2D eigenvalue weighted by Crippen LogP contribution is 2.11. The smallest absolute Gasteiger partial charge is 0.186 e. The van der Waals surface area contributed by atoms with Crippen molar-refractivity contribution < 1.29 is 13.9 Å². The molecule has 1 unspecified atom stereocenters. The van der Waals surface area contributed by atoms with Crippen LogP contribution in [-0.4, -0.2) is 13.9 Å². The largest absolute Gasteiger partial charge is 0.507 e. The lowest BCUT2D eigenvalue weighted by Crippen LogP contribution is -1.85. The Hall–Kier alpha value is -0.870. The van der Waals surface area contributed by atoms with E-state index in [0.717, 1.165) is 0 Å². The SMILES string of the molecule is O=S(O)c1cc[c]c(O)c1. The van der Waals surface area contributed by atoms with Crippen molar-refractivity contribution >= 4 is 11.1 Å². The third-order valence-corrected chi connectivity index (χ3v) is 1.62. The predicted molar refractivity (Wildman–Crippen MR) is 36.0 cm³/mol. The van der Waals surface area contributed by atoms with E-state index in [9.17, 15) is 4.21 Å². The van der Waals surface area contributed by atoms with Crippen LogP contribution >= 0.6 is 0 Å². The van der Waals surface area contributed by atoms with Gasteiger partial charge in [0.2, 0.25) is 0 Å². The van der Waals surface area contributed by atoms with Gasteiger partial charge in [0.05, 0.1) is 4.90 Å². The molecule has 0 spiro atoms. The lowest BCUT2D eigenvalue weighted by Gasteiger charge is -1.93. The van der Waals surface area contributed by atoms with E-state index in [-0.39, 0.29) is 10.6 Å². The average Bonchev–Trinajstić information content (AvgIpc) is 1.88. The Morgan fingerprint density at radius 2 is 2.30 bits per heavy atom. The van der Waals surface area contributed by atoms with Crippen molar-refractivity contribution in [1.82, 2.24) is 0 Å². The van der Waals surface area contributed by atoms with Crippen molar-refractivity contribution in [3.63, 3.8) is 0 Å². The summed E-state index contributed by atoms with van der Waals surface area (Å²) in [6.45, 7) is 0. The van der Waals surface area contributed by atoms with Crippen LogP contribution in [0.3, 0.4) is 0 Å². The van der Waals surface area contributed by atoms with Crippen LogP contribution < -0.4 is 0 Å². The van der Waals surface area contributed by atoms with Gasteiger partial charge in [-0.2, -0.15) is 0 Å². The van der Waals surface area contributed by atoms with Crippen molar-refractivity contribution in [2.75, 3.05) is 0 Å². The fourth-order valence-electron chi connectivity index (χ4n) is 0.542. The fourth-order valence-corrected chi connectivity index (χ4v) is 0.939. The quantitative estimate of drug-likeness (QED) is 0.592. The summed E-state index contributed by atoms with van der Waals surface area (Å²) in [7, 11) is 0. The molecule has 0 heterocycles. The highest BCUT2D eigenvalue weighted by atomic mass is 32.2. The number of aromatic hydroxyl groups is 1. The standard InChI is InChI=1S/C6H5O3S/c7-5-2-1-3-6(4-5)10(8)9/h1,3-4,7H,(H,8,9). The molecule has 53 valence electrons. The lowest BCUT2D eigenvalue weighted by molar-refractivity contribution is 0.471. The Morgan fingerprint density at radius 3 is 2.70 bits per heavy atom. The van der Waals surface area contributed by atoms with E-state index in [4.69, 9.17) is 9.66 Å². The van der Waals surface area contributed by atoms with Crippen molar-refractivity contribution in [3.8, 4) is 5.75 Å². The normalized spacial score (nSPS) is 12.9. The Labute approximate surface area is 60.6 Å². The number of rotatable bonds is 1. The first-order chi connectivity index (χ1) is 4.70. The zero-order valence-corrected chi connectivity index (χ0v) is 5.76. The summed E-state index contributed by atoms with van der Waals surface area (Å²) >= 11 is -2.02. The molecule has 0 aromatic heterocycles. The zero-order chi connectivity index (χ0) is 7.56. The maximum Gasteiger partial charge on any atom is 0.186 e. The summed E-state index contributed by atoms with van der Waals surface area (Å²) in [5.74, 6) is -0.125. The Bertz CT molecular complexity index is 259. The van der Waals surface area contributed by atoms with Gasteiger partial charge in [-0.1, -0.05) is 0 Å². The first kappa shape index (κ1) is 7.24. The molecule has 1 atom stereocenters. The van der Waals surface area contributed by atoms with E-state index in [2.05, 4.69) is 6.07 Å². The Kier molecular flexibility index (Phi) is 2.03. The van der Waals surface area contributed by atoms with Crippen LogP contribution in [0, 0.1) is 6.07 Å². The fraction of sp³-hybridized carbons (Fsp3) is 0. The number of phenolic OH excluding ortho intramolecular Hbond substituents is 1. The van der Waals surface area contributed by atoms with Gasteiger partial charge in [-0.05, 0) is 18.2 Å². The molecule has 0 saturated heterocycles. The molecule has 0 fully saturated rings. The molecule has 4 heteroatoms. The highest BCUT2D eigenvalue weighted by molar-refractivity contribution is 7.79. The molecule has 0 aliphatic carbocycles. The molecule has 0 amide bonds. The van der Waals surface area contributed by atoms with Gasteiger partial charge in [0.15, 0.2) is 11.1 Å². The monoisotopic (exact) mass is 157 g/mol. The number of hydrogen-bond donors (Lipinski definition) is 2. The van der Waals surface area contributed by atoms with Crippen molar-refractivity contribution in [1.29, 1.82) is 0 Å². The summed E-state index contributed by atoms with van der Waals surface area (Å²) < 4.78 is 18.8. The van der Waals surface area contributed by atoms with Crippen LogP contribution in [0.2, 0.25) is 0 Å². The van der Waals surface area contributed by atoms with Gasteiger partial charge in [0.25, 0.3) is 0 Å². The summed E-state index contributed by atoms with van der Waals surface area (Å²) in [6.07, 6.45) is 0. The first-order valence-corrected chi connectivity index (χ1v) is 3.62. The van der Waals surface area contributed by atoms with E-state index in [1.807, 2.05) is 0 Å². The average molecular weight is 157 g/mol. The molecule has 1 rings (SSSR count). The molecule has 0 bridgehead atoms. The summed E-state index contributed by atoms with van der Waals surface area (Å²) in [5, 5.41) is 8.76. The van der Waals surface area contributed by atoms with E-state index >= 15 is 0 Å². The molecule has 1 radical (unpaired) electrons. The van der Waals surface area contributed by atoms with Gasteiger partial charge >= 0.3 is 0 Å². The second-order valence-electron chi connectivity index (χ2n) is 1.66. The maximum absolute atomic E-state index is 10.3. The lowest BCUT2D eigenvalue weighted by atomic mass is 10.3. The summed E-state index contributed by atoms with van der Waals surface area (Å²) in [6, 6.07) is 6.43. The van der Waals surface area contributed by atoms with Crippen LogP contribution in [0.25, 0.3) is 0 Å². The van der Waals surface area contributed by atoms with E-state index < -0.39 is 11.1 Å². The third-order valence-electron chi connectivity index (χ3n) is 0.959. The Morgan fingerprint density at radius 1 is 1.60 bits per heavy atom. The topological polar surface area (TPSA) is 57.5 Å². The van der Waals surface area contributed by atoms with Crippen LogP contribution in [0.1, 0.15) is 0 Å². The maximum atomic E-state index is 10.3. The van der Waals surface area contributed by atoms with Gasteiger partial charge in [0, 0.05) is 6.07 Å². The molecule has 0 saturated carbocycles. The van der Waals surface area contributed by atoms with Crippen LogP contribution in [0.15, 0.2) is 23.1 Å². The molecule has 2 N–H and O–H groups in total. The minimum absolute atomic E-state index is 0.125. The number of hydrogen-bond acceptors (Lipinski definition) is 2. The second kappa shape index (κ2) is 2.81. The van der Waals surface area contributed by atoms with E-state index in [1.165, 1.54) is 18.2 Å². The molecule has 10 heavy (non-hydrogen) atoms. The predicted octanol–water partition coefficient (Wildman–Crippen LogP) is 0.773. The minimum Gasteiger partial charge on any atom is -0.507 e. The molecule has 1 aromatic carbocycles. The molecule has 0 aliphatic heterocycles. The third kappa shape index (κ3) is 1.55. The van der Waals surface area contributed by atoms with Gasteiger partial charge in [-0.25, -0.2) is 4.21 Å². The Balaban J connectivity index is 3.07. The van der Waals surface area contributed by atoms with Crippen LogP contribution in [0.4, 0.5) is 0 Å². The van der Waals surface area contributed by atoms with Crippen molar-refractivity contribution in [2.24, 2.45) is 0 Å². The first-order valence-electron chi connectivity index (χ1n) is 2.52. The van der Waals surface area contributed by atoms with E-state index in [0.29, 0.717) is 0 Å². The van der Waals surface area contributed by atoms with Crippen LogP contribution in [-0.2, 0) is 11.1 Å². The molecule has 1 aromatic rings. The van der Waals surface area contributed by atoms with Gasteiger partial charge in [0.1, 0.15) is 5.75 Å². The number of benzene rings is 1. The van der Waals surface area contributed by atoms with Crippen molar-refractivity contribution in [3.05, 3.63) is 24.3 Å². The van der Waals surface area contributed by atoms with E-state index in [1.54, 1.807) is 0 Å². The van der Waals surface area contributed by atoms with Gasteiger partial charge < -0.3 is 9.66 Å². The molecular formula is C6H5O3S. The minimum atomic E-state index is -2.02. The highest BCUT2D eigenvalue weighted by Gasteiger charge is 1.98. The molecule has 3 nitrogen and oxygen atoms in total. The summed E-state index contributed by atoms with van der Waals surface area (Å²) in [5.41, 5.74) is 0. The van der Waals surface area contributed by atoms with Gasteiger partial charge in [-0.15, -0.1) is 0 Å². The van der Waals surface area contributed by atoms with Crippen LogP contribution in [0.5, 0.6) is 5.75 Å². The zero-order valence-electron chi connectivity index (χ0n) is 4.94. The van der Waals surface area contributed by atoms with Crippen molar-refractivity contribution in [2.45, 2.75) is 4.90 Å². The molecular weight excluding hydrogens is 152 g/mol. The second-order valence-corrected chi connectivity index (χ2v) is 2.63. The number of phenols is 1. The molecule has 0 aliphatic rings. The summed E-state index contributed by atoms with van der Waals surface area (Å²) in [4.78, 5) is 0.177. The van der Waals surface area contributed by atoms with Gasteiger partial charge in [-0.3, -0.25) is 0 Å².